The molecule has 1 aliphatic carbocycles. The summed E-state index contributed by atoms with van der Waals surface area (Å²) >= 11 is 0. The number of carbonyl (C=O) groups is 1. The summed E-state index contributed by atoms with van der Waals surface area (Å²) in [4.78, 5) is 11.9. The first kappa shape index (κ1) is 13.9. The number of benzene rings is 1. The predicted octanol–water partition coefficient (Wildman–Crippen LogP) is 3.91. The molecule has 1 aromatic rings. The molecule has 3 unspecified atom stereocenters. The van der Waals surface area contributed by atoms with Gasteiger partial charge in [-0.2, -0.15) is 0 Å². The van der Waals surface area contributed by atoms with Gasteiger partial charge in [-0.3, -0.25) is 0 Å². The number of carbonyl (C=O) groups excluding carboxylic acids is 1. The van der Waals surface area contributed by atoms with E-state index < -0.39 is 5.60 Å². The average molecular weight is 261 g/mol. The maximum Gasteiger partial charge on any atom is 0.408 e. The Morgan fingerprint density at radius 2 is 1.89 bits per heavy atom. The van der Waals surface area contributed by atoms with Crippen LogP contribution < -0.4 is 5.32 Å². The van der Waals surface area contributed by atoms with Gasteiger partial charge in [-0.05, 0) is 44.6 Å². The van der Waals surface area contributed by atoms with E-state index >= 15 is 0 Å². The van der Waals surface area contributed by atoms with Crippen molar-refractivity contribution >= 4 is 6.09 Å². The van der Waals surface area contributed by atoms with Crippen LogP contribution in [0.5, 0.6) is 0 Å². The van der Waals surface area contributed by atoms with E-state index in [0.717, 1.165) is 12.0 Å². The van der Waals surface area contributed by atoms with Crippen molar-refractivity contribution in [3.63, 3.8) is 0 Å². The smallest absolute Gasteiger partial charge is 0.408 e. The van der Waals surface area contributed by atoms with E-state index in [2.05, 4.69) is 24.4 Å². The summed E-state index contributed by atoms with van der Waals surface area (Å²) in [5, 5.41) is 3.02. The Balaban J connectivity index is 2.06. The van der Waals surface area contributed by atoms with Gasteiger partial charge in [0.05, 0.1) is 6.04 Å². The topological polar surface area (TPSA) is 38.3 Å². The molecule has 0 bridgehead atoms. The highest BCUT2D eigenvalue weighted by atomic mass is 16.6. The van der Waals surface area contributed by atoms with Crippen molar-refractivity contribution in [1.29, 1.82) is 0 Å². The lowest BCUT2D eigenvalue weighted by Crippen LogP contribution is -2.36. The zero-order chi connectivity index (χ0) is 14.0. The Labute approximate surface area is 115 Å². The van der Waals surface area contributed by atoms with E-state index in [4.69, 9.17) is 4.74 Å². The van der Waals surface area contributed by atoms with Crippen LogP contribution in [0.4, 0.5) is 4.79 Å². The summed E-state index contributed by atoms with van der Waals surface area (Å²) in [5.74, 6) is 1.19. The SMILES string of the molecule is CC1CC1C(NC(=O)OC(C)(C)C)c1ccccc1. The number of nitrogens with one attached hydrogen (secondary N) is 1. The van der Waals surface area contributed by atoms with E-state index in [9.17, 15) is 4.79 Å². The minimum absolute atomic E-state index is 0.0612. The fraction of sp³-hybridized carbons (Fsp3) is 0.562. The van der Waals surface area contributed by atoms with Crippen molar-refractivity contribution in [2.24, 2.45) is 11.8 Å². The average Bonchev–Trinajstić information content (AvgIpc) is 3.02. The van der Waals surface area contributed by atoms with Crippen LogP contribution >= 0.6 is 0 Å². The van der Waals surface area contributed by atoms with Crippen LogP contribution in [0.3, 0.4) is 0 Å². The van der Waals surface area contributed by atoms with Crippen molar-refractivity contribution in [2.45, 2.75) is 45.8 Å². The molecule has 104 valence electrons. The fourth-order valence-electron chi connectivity index (χ4n) is 2.35. The maximum atomic E-state index is 11.9. The lowest BCUT2D eigenvalue weighted by Gasteiger charge is -2.24. The van der Waals surface area contributed by atoms with Crippen molar-refractivity contribution in [1.82, 2.24) is 5.32 Å². The molecule has 3 heteroatoms. The molecule has 1 fully saturated rings. The Morgan fingerprint density at radius 3 is 2.37 bits per heavy atom. The lowest BCUT2D eigenvalue weighted by molar-refractivity contribution is 0.0496. The van der Waals surface area contributed by atoms with Gasteiger partial charge >= 0.3 is 6.09 Å². The number of hydrogen-bond acceptors (Lipinski definition) is 2. The molecule has 0 heterocycles. The number of hydrogen-bond donors (Lipinski definition) is 1. The molecule has 0 spiro atoms. The van der Waals surface area contributed by atoms with E-state index in [1.807, 2.05) is 39.0 Å². The molecule has 1 saturated carbocycles. The van der Waals surface area contributed by atoms with E-state index in [0.29, 0.717) is 11.8 Å². The first-order valence-electron chi connectivity index (χ1n) is 6.91. The molecule has 1 amide bonds. The third kappa shape index (κ3) is 3.98. The van der Waals surface area contributed by atoms with Crippen molar-refractivity contribution in [3.8, 4) is 0 Å². The molecular formula is C16H23NO2. The van der Waals surface area contributed by atoms with Gasteiger partial charge in [-0.15, -0.1) is 0 Å². The largest absolute Gasteiger partial charge is 0.444 e. The highest BCUT2D eigenvalue weighted by Crippen LogP contribution is 2.46. The van der Waals surface area contributed by atoms with Crippen LogP contribution in [0.25, 0.3) is 0 Å². The summed E-state index contributed by atoms with van der Waals surface area (Å²) in [7, 11) is 0. The van der Waals surface area contributed by atoms with Crippen LogP contribution in [0.1, 0.15) is 45.7 Å². The van der Waals surface area contributed by atoms with Gasteiger partial charge in [-0.25, -0.2) is 4.79 Å². The molecule has 0 saturated heterocycles. The molecule has 3 nitrogen and oxygen atoms in total. The van der Waals surface area contributed by atoms with Gasteiger partial charge in [-0.1, -0.05) is 37.3 Å². The number of alkyl carbamates (subject to hydrolysis) is 1. The summed E-state index contributed by atoms with van der Waals surface area (Å²) < 4.78 is 5.35. The lowest BCUT2D eigenvalue weighted by atomic mass is 10.0. The Hall–Kier alpha value is -1.51. The summed E-state index contributed by atoms with van der Waals surface area (Å²) in [5.41, 5.74) is 0.697. The molecule has 1 N–H and O–H groups in total. The van der Waals surface area contributed by atoms with Gasteiger partial charge < -0.3 is 10.1 Å². The fourth-order valence-corrected chi connectivity index (χ4v) is 2.35. The van der Waals surface area contributed by atoms with Crippen molar-refractivity contribution in [3.05, 3.63) is 35.9 Å². The standard InChI is InChI=1S/C16H23NO2/c1-11-10-13(11)14(12-8-6-5-7-9-12)17-15(18)19-16(2,3)4/h5-9,11,13-14H,10H2,1-4H3,(H,17,18). The van der Waals surface area contributed by atoms with Crippen molar-refractivity contribution in [2.75, 3.05) is 0 Å². The van der Waals surface area contributed by atoms with Gasteiger partial charge in [0, 0.05) is 0 Å². The first-order valence-corrected chi connectivity index (χ1v) is 6.91. The summed E-state index contributed by atoms with van der Waals surface area (Å²) in [6.45, 7) is 7.86. The Bertz CT molecular complexity index is 436. The molecule has 1 aliphatic rings. The zero-order valence-electron chi connectivity index (χ0n) is 12.1. The van der Waals surface area contributed by atoms with Gasteiger partial charge in [0.25, 0.3) is 0 Å². The zero-order valence-corrected chi connectivity index (χ0v) is 12.1. The highest BCUT2D eigenvalue weighted by molar-refractivity contribution is 5.68. The van der Waals surface area contributed by atoms with E-state index in [1.54, 1.807) is 0 Å². The molecule has 0 aliphatic heterocycles. The van der Waals surface area contributed by atoms with Crippen LogP contribution in [0.15, 0.2) is 30.3 Å². The quantitative estimate of drug-likeness (QED) is 0.896. The molecule has 19 heavy (non-hydrogen) atoms. The van der Waals surface area contributed by atoms with Gasteiger partial charge in [0.15, 0.2) is 0 Å². The molecule has 2 rings (SSSR count). The third-order valence-electron chi connectivity index (χ3n) is 3.43. The molecule has 1 aromatic carbocycles. The van der Waals surface area contributed by atoms with Crippen LogP contribution in [-0.2, 0) is 4.74 Å². The summed E-state index contributed by atoms with van der Waals surface area (Å²) in [6, 6.07) is 10.2. The third-order valence-corrected chi connectivity index (χ3v) is 3.43. The van der Waals surface area contributed by atoms with E-state index in [-0.39, 0.29) is 12.1 Å². The normalized spacial score (nSPS) is 23.6. The second-order valence-electron chi connectivity index (χ2n) is 6.41. The van der Waals surface area contributed by atoms with Gasteiger partial charge in [0.1, 0.15) is 5.60 Å². The van der Waals surface area contributed by atoms with Crippen LogP contribution in [-0.4, -0.2) is 11.7 Å². The molecule has 3 atom stereocenters. The van der Waals surface area contributed by atoms with Crippen LogP contribution in [0.2, 0.25) is 0 Å². The minimum Gasteiger partial charge on any atom is -0.444 e. The number of amides is 1. The van der Waals surface area contributed by atoms with Crippen LogP contribution in [0, 0.1) is 11.8 Å². The summed E-state index contributed by atoms with van der Waals surface area (Å²) in [6.07, 6.45) is 0.829. The van der Waals surface area contributed by atoms with Gasteiger partial charge in [0.2, 0.25) is 0 Å². The maximum absolute atomic E-state index is 11.9. The molecular weight excluding hydrogens is 238 g/mol. The first-order chi connectivity index (χ1) is 8.87. The predicted molar refractivity (Wildman–Crippen MR) is 75.8 cm³/mol. The molecule has 0 aromatic heterocycles. The van der Waals surface area contributed by atoms with E-state index in [1.165, 1.54) is 0 Å². The highest BCUT2D eigenvalue weighted by Gasteiger charge is 2.41. The Morgan fingerprint density at radius 1 is 1.32 bits per heavy atom. The van der Waals surface area contributed by atoms with Crippen molar-refractivity contribution < 1.29 is 9.53 Å². The monoisotopic (exact) mass is 261 g/mol. The number of rotatable bonds is 3. The minimum atomic E-state index is -0.458. The number of ether oxygens (including phenoxy) is 1. The second-order valence-corrected chi connectivity index (χ2v) is 6.41. The molecule has 0 radical (unpaired) electrons. The second kappa shape index (κ2) is 5.24. The Kier molecular flexibility index (Phi) is 3.83.